The highest BCUT2D eigenvalue weighted by Crippen LogP contribution is 2.21. The number of hydrogen-bond acceptors (Lipinski definition) is 9. The summed E-state index contributed by atoms with van der Waals surface area (Å²) in [5.41, 5.74) is 5.82. The summed E-state index contributed by atoms with van der Waals surface area (Å²) in [6.45, 7) is 17.3. The topological polar surface area (TPSA) is 239 Å². The van der Waals surface area contributed by atoms with Gasteiger partial charge >= 0.3 is 12.1 Å². The van der Waals surface area contributed by atoms with E-state index in [0.717, 1.165) is 5.56 Å². The standard InChI is InChI=1S/C39H66N8O8/c1-24(2)31(35(52)44-28(15-13-23-42-36(40)53)33(50)43-26-18-16-25(3)17-19-26)46-34(51)29(45-37(54)55-10)14-11-12-22-41-30(48)21-20-27(47-39(7,8)9)32(49)38(4,5)6/h16-19,24,27-29,31,47H,11-15,20-23H2,1-10H3,(H,41,48)(H,43,50)(H,44,52)(H,45,54)(H,46,51)(H3,40,42,53)/t27-,28+,29+,31+/m1/s1. The maximum atomic E-state index is 13.6. The number of nitrogens with one attached hydrogen (secondary N) is 7. The predicted molar refractivity (Wildman–Crippen MR) is 212 cm³/mol. The minimum Gasteiger partial charge on any atom is -0.453 e. The molecular weight excluding hydrogens is 708 g/mol. The molecule has 0 aliphatic carbocycles. The van der Waals surface area contributed by atoms with Crippen molar-refractivity contribution in [3.63, 3.8) is 0 Å². The number of carbonyl (C=O) groups excluding carboxylic acids is 7. The van der Waals surface area contributed by atoms with Crippen molar-refractivity contribution in [2.75, 3.05) is 25.5 Å². The zero-order valence-electron chi connectivity index (χ0n) is 34.4. The lowest BCUT2D eigenvalue weighted by atomic mass is 9.84. The number of unbranched alkanes of at least 4 members (excludes halogenated alkanes) is 1. The smallest absolute Gasteiger partial charge is 0.407 e. The van der Waals surface area contributed by atoms with Gasteiger partial charge in [-0.1, -0.05) is 52.3 Å². The van der Waals surface area contributed by atoms with Gasteiger partial charge in [0.1, 0.15) is 18.1 Å². The lowest BCUT2D eigenvalue weighted by Crippen LogP contribution is -2.57. The second-order valence-corrected chi connectivity index (χ2v) is 16.2. The molecule has 1 rings (SSSR count). The van der Waals surface area contributed by atoms with Crippen LogP contribution in [0.2, 0.25) is 0 Å². The first kappa shape index (κ1) is 48.3. The third-order valence-electron chi connectivity index (χ3n) is 8.53. The molecule has 0 heterocycles. The Morgan fingerprint density at radius 1 is 0.709 bits per heavy atom. The fraction of sp³-hybridized carbons (Fsp3) is 0.667. The molecule has 1 aromatic carbocycles. The van der Waals surface area contributed by atoms with Crippen molar-refractivity contribution in [1.82, 2.24) is 31.9 Å². The summed E-state index contributed by atoms with van der Waals surface area (Å²) in [4.78, 5) is 89.4. The summed E-state index contributed by atoms with van der Waals surface area (Å²) in [7, 11) is 1.17. The number of rotatable bonds is 22. The van der Waals surface area contributed by atoms with E-state index in [1.54, 1.807) is 26.0 Å². The van der Waals surface area contributed by atoms with Gasteiger partial charge in [0.15, 0.2) is 5.78 Å². The molecule has 310 valence electrons. The average Bonchev–Trinajstić information content (AvgIpc) is 3.08. The van der Waals surface area contributed by atoms with E-state index >= 15 is 0 Å². The Bertz CT molecular complexity index is 1440. The number of aryl methyl sites for hydroxylation is 1. The molecule has 0 aromatic heterocycles. The van der Waals surface area contributed by atoms with Gasteiger partial charge in [-0.3, -0.25) is 24.0 Å². The van der Waals surface area contributed by atoms with Crippen molar-refractivity contribution in [2.45, 2.75) is 137 Å². The van der Waals surface area contributed by atoms with Gasteiger partial charge in [-0.05, 0) is 84.3 Å². The molecule has 1 aromatic rings. The Morgan fingerprint density at radius 3 is 1.84 bits per heavy atom. The largest absolute Gasteiger partial charge is 0.453 e. The number of primary amides is 1. The molecule has 0 saturated heterocycles. The molecule has 55 heavy (non-hydrogen) atoms. The van der Waals surface area contributed by atoms with Gasteiger partial charge in [0.2, 0.25) is 23.6 Å². The Morgan fingerprint density at radius 2 is 1.29 bits per heavy atom. The van der Waals surface area contributed by atoms with Gasteiger partial charge in [-0.25, -0.2) is 9.59 Å². The fourth-order valence-corrected chi connectivity index (χ4v) is 5.55. The number of urea groups is 1. The van der Waals surface area contributed by atoms with E-state index in [9.17, 15) is 33.6 Å². The second-order valence-electron chi connectivity index (χ2n) is 16.2. The van der Waals surface area contributed by atoms with E-state index in [4.69, 9.17) is 10.5 Å². The molecule has 0 aliphatic heterocycles. The summed E-state index contributed by atoms with van der Waals surface area (Å²) < 4.78 is 4.73. The highest BCUT2D eigenvalue weighted by atomic mass is 16.5. The number of carbonyl (C=O) groups is 7. The summed E-state index contributed by atoms with van der Waals surface area (Å²) in [5, 5.41) is 19.4. The minimum absolute atomic E-state index is 0.0351. The predicted octanol–water partition coefficient (Wildman–Crippen LogP) is 3.17. The van der Waals surface area contributed by atoms with Crippen molar-refractivity contribution in [3.8, 4) is 0 Å². The first-order valence-electron chi connectivity index (χ1n) is 19.0. The van der Waals surface area contributed by atoms with Gasteiger partial charge in [-0.2, -0.15) is 0 Å². The molecule has 16 nitrogen and oxygen atoms in total. The summed E-state index contributed by atoms with van der Waals surface area (Å²) in [6, 6.07) is 2.80. The molecule has 0 radical (unpaired) electrons. The third-order valence-corrected chi connectivity index (χ3v) is 8.53. The first-order chi connectivity index (χ1) is 25.5. The van der Waals surface area contributed by atoms with Crippen LogP contribution in [0.15, 0.2) is 24.3 Å². The van der Waals surface area contributed by atoms with Crippen LogP contribution in [0.1, 0.15) is 106 Å². The molecule has 9 N–H and O–H groups in total. The normalized spacial score (nSPS) is 13.7. The quantitative estimate of drug-likeness (QED) is 0.0807. The maximum Gasteiger partial charge on any atom is 0.407 e. The van der Waals surface area contributed by atoms with Crippen LogP contribution in [0.5, 0.6) is 0 Å². The van der Waals surface area contributed by atoms with Crippen LogP contribution in [0, 0.1) is 18.3 Å². The molecule has 0 saturated carbocycles. The van der Waals surface area contributed by atoms with Gasteiger partial charge in [-0.15, -0.1) is 0 Å². The number of ketones is 1. The molecular formula is C39H66N8O8. The maximum absolute atomic E-state index is 13.6. The van der Waals surface area contributed by atoms with Crippen molar-refractivity contribution >= 4 is 47.2 Å². The molecule has 0 spiro atoms. The molecule has 16 heteroatoms. The van der Waals surface area contributed by atoms with Gasteiger partial charge in [0.25, 0.3) is 0 Å². The summed E-state index contributed by atoms with van der Waals surface area (Å²) in [5.74, 6) is -2.30. The second kappa shape index (κ2) is 23.2. The molecule has 0 aliphatic rings. The summed E-state index contributed by atoms with van der Waals surface area (Å²) in [6.07, 6.45) is 1.24. The molecule has 0 fully saturated rings. The van der Waals surface area contributed by atoms with Crippen LogP contribution in [0.3, 0.4) is 0 Å². The zero-order valence-corrected chi connectivity index (χ0v) is 34.4. The van der Waals surface area contributed by atoms with Crippen LogP contribution in [-0.2, 0) is 28.7 Å². The molecule has 0 unspecified atom stereocenters. The van der Waals surface area contributed by atoms with E-state index in [0.29, 0.717) is 37.9 Å². The van der Waals surface area contributed by atoms with Crippen molar-refractivity contribution in [1.29, 1.82) is 0 Å². The lowest BCUT2D eigenvalue weighted by Gasteiger charge is -2.31. The van der Waals surface area contributed by atoms with Gasteiger partial charge < -0.3 is 47.7 Å². The fourth-order valence-electron chi connectivity index (χ4n) is 5.55. The van der Waals surface area contributed by atoms with Crippen LogP contribution in [0.25, 0.3) is 0 Å². The zero-order chi connectivity index (χ0) is 41.9. The van der Waals surface area contributed by atoms with Crippen molar-refractivity contribution < 1.29 is 38.3 Å². The van der Waals surface area contributed by atoms with Crippen molar-refractivity contribution in [2.24, 2.45) is 17.1 Å². The number of benzene rings is 1. The molecule has 4 atom stereocenters. The van der Waals surface area contributed by atoms with E-state index < -0.39 is 65.3 Å². The van der Waals surface area contributed by atoms with E-state index in [1.807, 2.05) is 60.6 Å². The third kappa shape index (κ3) is 20.0. The van der Waals surface area contributed by atoms with Gasteiger partial charge in [0.05, 0.1) is 13.2 Å². The molecule has 0 bridgehead atoms. The summed E-state index contributed by atoms with van der Waals surface area (Å²) >= 11 is 0. The van der Waals surface area contributed by atoms with Crippen LogP contribution < -0.4 is 43.0 Å². The number of ether oxygens (including phenoxy) is 1. The van der Waals surface area contributed by atoms with Crippen molar-refractivity contribution in [3.05, 3.63) is 29.8 Å². The van der Waals surface area contributed by atoms with Crippen LogP contribution in [-0.4, -0.2) is 91.4 Å². The average molecular weight is 775 g/mol. The van der Waals surface area contributed by atoms with Gasteiger partial charge in [0, 0.05) is 36.2 Å². The Hall–Kier alpha value is -4.73. The number of nitrogens with two attached hydrogens (primary N) is 1. The number of hydrogen-bond donors (Lipinski definition) is 8. The highest BCUT2D eigenvalue weighted by molar-refractivity contribution is 5.99. The van der Waals surface area contributed by atoms with E-state index in [2.05, 4.69) is 37.2 Å². The number of anilines is 1. The van der Waals surface area contributed by atoms with Crippen LogP contribution >= 0.6 is 0 Å². The van der Waals surface area contributed by atoms with E-state index in [-0.39, 0.29) is 43.0 Å². The number of alkyl carbamates (subject to hydrolysis) is 1. The number of methoxy groups -OCH3 is 1. The minimum atomic E-state index is -1.08. The Balaban J connectivity index is 2.90. The Kier molecular flexibility index (Phi) is 20.4. The number of Topliss-reactive ketones (excluding diaryl/α,β-unsaturated/α-hetero) is 1. The highest BCUT2D eigenvalue weighted by Gasteiger charge is 2.33. The van der Waals surface area contributed by atoms with Crippen LogP contribution in [0.4, 0.5) is 15.3 Å². The number of amides is 7. The van der Waals surface area contributed by atoms with E-state index in [1.165, 1.54) is 7.11 Å². The SMILES string of the molecule is COC(=O)N[C@@H](CCCCNC(=O)CC[C@@H](NC(C)(C)C)C(=O)C(C)(C)C)C(=O)N[C@H](C(=O)N[C@@H](CCCNC(N)=O)C(=O)Nc1ccc(C)cc1)C(C)C. The lowest BCUT2D eigenvalue weighted by molar-refractivity contribution is -0.132. The monoisotopic (exact) mass is 775 g/mol. The first-order valence-corrected chi connectivity index (χ1v) is 19.0. The Labute approximate surface area is 326 Å². The molecule has 7 amide bonds.